The van der Waals surface area contributed by atoms with Crippen LogP contribution in [0.3, 0.4) is 0 Å². The van der Waals surface area contributed by atoms with Gasteiger partial charge in [-0.25, -0.2) is 14.4 Å². The second-order valence-corrected chi connectivity index (χ2v) is 10.7. The second kappa shape index (κ2) is 11.2. The molecule has 3 atom stereocenters. The van der Waals surface area contributed by atoms with Crippen molar-refractivity contribution in [2.45, 2.75) is 76.9 Å². The number of amides is 2. The zero-order valence-electron chi connectivity index (χ0n) is 22.4. The Bertz CT molecular complexity index is 1320. The minimum Gasteiger partial charge on any atom is -0.343 e. The number of benzene rings is 1. The van der Waals surface area contributed by atoms with Crippen molar-refractivity contribution >= 4 is 22.7 Å². The number of fused-ring (bicyclic) bond motifs is 1. The van der Waals surface area contributed by atoms with E-state index in [4.69, 9.17) is 4.98 Å². The van der Waals surface area contributed by atoms with Crippen LogP contribution in [0.1, 0.15) is 69.4 Å². The molecule has 38 heavy (non-hydrogen) atoms. The van der Waals surface area contributed by atoms with E-state index in [0.29, 0.717) is 18.2 Å². The van der Waals surface area contributed by atoms with Crippen LogP contribution < -0.4 is 10.6 Å². The number of halogens is 1. The minimum atomic E-state index is -0.537. The molecule has 0 radical (unpaired) electrons. The molecule has 2 amide bonds. The quantitative estimate of drug-likeness (QED) is 0.487. The Balaban J connectivity index is 1.45. The first-order valence-corrected chi connectivity index (χ1v) is 13.8. The number of hydrogen-bond acceptors (Lipinski definition) is 5. The van der Waals surface area contributed by atoms with Gasteiger partial charge in [-0.05, 0) is 76.8 Å². The molecule has 202 valence electrons. The third-order valence-corrected chi connectivity index (χ3v) is 8.13. The summed E-state index contributed by atoms with van der Waals surface area (Å²) in [5.74, 6) is 0.992. The Kier molecular flexibility index (Phi) is 7.74. The van der Waals surface area contributed by atoms with Crippen molar-refractivity contribution in [3.05, 3.63) is 53.9 Å². The summed E-state index contributed by atoms with van der Waals surface area (Å²) in [6.45, 7) is 4.29. The van der Waals surface area contributed by atoms with Gasteiger partial charge >= 0.3 is 0 Å². The fourth-order valence-electron chi connectivity index (χ4n) is 5.96. The fraction of sp³-hybridized carbons (Fsp3) is 0.517. The number of rotatable bonds is 7. The lowest BCUT2D eigenvalue weighted by Gasteiger charge is -2.35. The number of nitrogens with one attached hydrogen (secondary N) is 2. The summed E-state index contributed by atoms with van der Waals surface area (Å²) in [6.07, 6.45) is 8.79. The molecule has 0 spiro atoms. The fourth-order valence-corrected chi connectivity index (χ4v) is 5.96. The maximum absolute atomic E-state index is 14.1. The summed E-state index contributed by atoms with van der Waals surface area (Å²) in [4.78, 5) is 38.3. The maximum atomic E-state index is 14.1. The number of likely N-dealkylation sites (N-methyl/N-ethyl adjacent to an activating group) is 1. The molecular weight excluding hydrogens is 483 g/mol. The van der Waals surface area contributed by atoms with E-state index >= 15 is 0 Å². The van der Waals surface area contributed by atoms with Gasteiger partial charge in [0.2, 0.25) is 11.8 Å². The first-order valence-electron chi connectivity index (χ1n) is 13.8. The van der Waals surface area contributed by atoms with Crippen LogP contribution in [0.15, 0.2) is 36.5 Å². The zero-order chi connectivity index (χ0) is 26.8. The number of hydrogen-bond donors (Lipinski definition) is 2. The Morgan fingerprint density at radius 1 is 1.05 bits per heavy atom. The van der Waals surface area contributed by atoms with Gasteiger partial charge in [0.15, 0.2) is 0 Å². The number of likely N-dealkylation sites (tertiary alicyclic amines) is 1. The molecule has 1 aliphatic heterocycles. The molecule has 3 aromatic rings. The molecule has 2 aromatic heterocycles. The van der Waals surface area contributed by atoms with Gasteiger partial charge < -0.3 is 20.1 Å². The third kappa shape index (κ3) is 5.29. The zero-order valence-corrected chi connectivity index (χ0v) is 22.4. The second-order valence-electron chi connectivity index (χ2n) is 10.7. The molecular formula is C29H37FN6O2. The normalized spacial score (nSPS) is 20.0. The Labute approximate surface area is 223 Å². The molecule has 2 fully saturated rings. The van der Waals surface area contributed by atoms with Gasteiger partial charge in [0.05, 0.1) is 23.3 Å². The highest BCUT2D eigenvalue weighted by Crippen LogP contribution is 2.35. The first kappa shape index (κ1) is 26.3. The smallest absolute Gasteiger partial charge is 0.246 e. The van der Waals surface area contributed by atoms with Crippen LogP contribution in [0.2, 0.25) is 0 Å². The van der Waals surface area contributed by atoms with Gasteiger partial charge in [0, 0.05) is 24.2 Å². The first-order chi connectivity index (χ1) is 18.4. The molecule has 8 nitrogen and oxygen atoms in total. The highest BCUT2D eigenvalue weighted by Gasteiger charge is 2.39. The van der Waals surface area contributed by atoms with Gasteiger partial charge in [-0.2, -0.15) is 0 Å². The lowest BCUT2D eigenvalue weighted by Crippen LogP contribution is -2.55. The Hall–Kier alpha value is -3.33. The molecule has 1 aromatic carbocycles. The third-order valence-electron chi connectivity index (χ3n) is 8.13. The standard InChI is InChI=1S/C29H37FN6O2/c1-18(31-3)28(37)34-27(20-8-5-4-6-9-20)29(38)36-14-7-10-25(36)23-17-26(33-19(2)32-23)35-15-13-21-16-22(30)11-12-24(21)35/h11-13,15-18,20,25,27,31H,4-10,14H2,1-3H3,(H,34,37). The number of carbonyl (C=O) groups excluding carboxylic acids is 2. The van der Waals surface area contributed by atoms with Crippen LogP contribution in [0.5, 0.6) is 0 Å². The van der Waals surface area contributed by atoms with E-state index < -0.39 is 6.04 Å². The average Bonchev–Trinajstić information content (AvgIpc) is 3.58. The summed E-state index contributed by atoms with van der Waals surface area (Å²) >= 11 is 0. The van der Waals surface area contributed by atoms with Crippen LogP contribution in [-0.2, 0) is 9.59 Å². The van der Waals surface area contributed by atoms with Crippen molar-refractivity contribution in [1.29, 1.82) is 0 Å². The van der Waals surface area contributed by atoms with E-state index in [1.807, 2.05) is 34.7 Å². The average molecular weight is 521 g/mol. The van der Waals surface area contributed by atoms with Crippen LogP contribution in [-0.4, -0.2) is 56.9 Å². The predicted molar refractivity (Wildman–Crippen MR) is 144 cm³/mol. The number of aryl methyl sites for hydroxylation is 1. The molecule has 3 unspecified atom stereocenters. The number of aromatic nitrogens is 3. The van der Waals surface area contributed by atoms with E-state index in [0.717, 1.165) is 55.1 Å². The highest BCUT2D eigenvalue weighted by atomic mass is 19.1. The topological polar surface area (TPSA) is 92.2 Å². The van der Waals surface area contributed by atoms with Crippen LogP contribution in [0.25, 0.3) is 16.7 Å². The predicted octanol–water partition coefficient (Wildman–Crippen LogP) is 4.20. The van der Waals surface area contributed by atoms with Crippen LogP contribution in [0, 0.1) is 18.7 Å². The van der Waals surface area contributed by atoms with Crippen molar-refractivity contribution in [3.8, 4) is 5.82 Å². The monoisotopic (exact) mass is 520 g/mol. The van der Waals surface area contributed by atoms with E-state index in [-0.39, 0.29) is 35.6 Å². The summed E-state index contributed by atoms with van der Waals surface area (Å²) in [6, 6.07) is 7.40. The molecule has 1 saturated carbocycles. The SMILES string of the molecule is CNC(C)C(=O)NC(C(=O)N1CCCC1c1cc(-n2ccc3cc(F)ccc32)nc(C)n1)C1CCCCC1. The largest absolute Gasteiger partial charge is 0.343 e. The van der Waals surface area contributed by atoms with Gasteiger partial charge in [-0.3, -0.25) is 9.59 Å². The van der Waals surface area contributed by atoms with Gasteiger partial charge in [0.25, 0.3) is 0 Å². The molecule has 0 bridgehead atoms. The van der Waals surface area contributed by atoms with Crippen molar-refractivity contribution in [1.82, 2.24) is 30.1 Å². The van der Waals surface area contributed by atoms with Crippen molar-refractivity contribution < 1.29 is 14.0 Å². The Morgan fingerprint density at radius 2 is 1.84 bits per heavy atom. The van der Waals surface area contributed by atoms with Gasteiger partial charge in [-0.15, -0.1) is 0 Å². The molecule has 3 heterocycles. The van der Waals surface area contributed by atoms with E-state index in [1.165, 1.54) is 18.6 Å². The Morgan fingerprint density at radius 3 is 2.61 bits per heavy atom. The summed E-state index contributed by atoms with van der Waals surface area (Å²) < 4.78 is 15.7. The molecule has 1 saturated heterocycles. The van der Waals surface area contributed by atoms with Crippen LogP contribution >= 0.6 is 0 Å². The summed E-state index contributed by atoms with van der Waals surface area (Å²) in [7, 11) is 1.75. The lowest BCUT2D eigenvalue weighted by atomic mass is 9.83. The lowest BCUT2D eigenvalue weighted by molar-refractivity contribution is -0.139. The summed E-state index contributed by atoms with van der Waals surface area (Å²) in [5.41, 5.74) is 1.65. The summed E-state index contributed by atoms with van der Waals surface area (Å²) in [5, 5.41) is 6.87. The van der Waals surface area contributed by atoms with E-state index in [2.05, 4.69) is 15.6 Å². The maximum Gasteiger partial charge on any atom is 0.246 e. The van der Waals surface area contributed by atoms with Crippen molar-refractivity contribution in [3.63, 3.8) is 0 Å². The molecule has 2 aliphatic rings. The van der Waals surface area contributed by atoms with E-state index in [1.54, 1.807) is 20.0 Å². The van der Waals surface area contributed by atoms with Crippen molar-refractivity contribution in [2.75, 3.05) is 13.6 Å². The molecule has 9 heteroatoms. The minimum absolute atomic E-state index is 0.0178. The highest BCUT2D eigenvalue weighted by molar-refractivity contribution is 5.90. The van der Waals surface area contributed by atoms with E-state index in [9.17, 15) is 14.0 Å². The molecule has 5 rings (SSSR count). The molecule has 2 N–H and O–H groups in total. The molecule has 1 aliphatic carbocycles. The van der Waals surface area contributed by atoms with Crippen LogP contribution in [0.4, 0.5) is 4.39 Å². The number of carbonyl (C=O) groups is 2. The van der Waals surface area contributed by atoms with Crippen molar-refractivity contribution in [2.24, 2.45) is 5.92 Å². The number of nitrogens with zero attached hydrogens (tertiary/aromatic N) is 4. The van der Waals surface area contributed by atoms with Gasteiger partial charge in [-0.1, -0.05) is 19.3 Å². The van der Waals surface area contributed by atoms with Gasteiger partial charge in [0.1, 0.15) is 23.5 Å².